The second kappa shape index (κ2) is 8.48. The standard InChI is InChI=1S/C21H33N3O3/c1-17-5-6-18(19(15-17)23-11-13-26-14-12-23)16-22-7-9-24(10-8-22)20(25)27-21(2,3)4/h5-6,15H,7-14,16H2,1-4H3. The largest absolute Gasteiger partial charge is 0.444 e. The van der Waals surface area contributed by atoms with Crippen molar-refractivity contribution in [3.8, 4) is 0 Å². The molecule has 0 saturated carbocycles. The van der Waals surface area contributed by atoms with E-state index in [4.69, 9.17) is 9.47 Å². The average molecular weight is 376 g/mol. The minimum absolute atomic E-state index is 0.202. The number of carbonyl (C=O) groups is 1. The first-order valence-corrected chi connectivity index (χ1v) is 9.94. The molecule has 0 unspecified atom stereocenters. The second-order valence-corrected chi connectivity index (χ2v) is 8.48. The molecule has 3 rings (SSSR count). The van der Waals surface area contributed by atoms with Gasteiger partial charge in [0.15, 0.2) is 0 Å². The summed E-state index contributed by atoms with van der Waals surface area (Å²) in [5.41, 5.74) is 3.53. The highest BCUT2D eigenvalue weighted by Crippen LogP contribution is 2.25. The number of amides is 1. The molecule has 0 N–H and O–H groups in total. The van der Waals surface area contributed by atoms with Crippen molar-refractivity contribution in [1.29, 1.82) is 0 Å². The monoisotopic (exact) mass is 375 g/mol. The van der Waals surface area contributed by atoms with Crippen LogP contribution in [0.5, 0.6) is 0 Å². The van der Waals surface area contributed by atoms with Crippen molar-refractivity contribution < 1.29 is 14.3 Å². The molecule has 6 heteroatoms. The van der Waals surface area contributed by atoms with Crippen LogP contribution in [0.2, 0.25) is 0 Å². The average Bonchev–Trinajstić information content (AvgIpc) is 2.63. The molecule has 150 valence electrons. The van der Waals surface area contributed by atoms with E-state index in [0.717, 1.165) is 45.9 Å². The van der Waals surface area contributed by atoms with Gasteiger partial charge in [-0.15, -0.1) is 0 Å². The quantitative estimate of drug-likeness (QED) is 0.813. The van der Waals surface area contributed by atoms with Gasteiger partial charge in [-0.1, -0.05) is 12.1 Å². The summed E-state index contributed by atoms with van der Waals surface area (Å²) in [5.74, 6) is 0. The van der Waals surface area contributed by atoms with Crippen LogP contribution < -0.4 is 4.90 Å². The van der Waals surface area contributed by atoms with Gasteiger partial charge >= 0.3 is 6.09 Å². The number of benzene rings is 1. The number of piperazine rings is 1. The van der Waals surface area contributed by atoms with Crippen LogP contribution in [0.25, 0.3) is 0 Å². The molecule has 2 fully saturated rings. The van der Waals surface area contributed by atoms with Crippen molar-refractivity contribution in [3.63, 3.8) is 0 Å². The van der Waals surface area contributed by atoms with E-state index in [1.807, 2.05) is 25.7 Å². The third kappa shape index (κ3) is 5.59. The van der Waals surface area contributed by atoms with Gasteiger partial charge in [0.05, 0.1) is 13.2 Å². The first-order valence-electron chi connectivity index (χ1n) is 9.94. The fourth-order valence-corrected chi connectivity index (χ4v) is 3.56. The van der Waals surface area contributed by atoms with Crippen LogP contribution in [-0.2, 0) is 16.0 Å². The van der Waals surface area contributed by atoms with Crippen LogP contribution in [-0.4, -0.2) is 74.0 Å². The Morgan fingerprint density at radius 3 is 2.37 bits per heavy atom. The van der Waals surface area contributed by atoms with E-state index >= 15 is 0 Å². The number of carbonyl (C=O) groups excluding carboxylic acids is 1. The summed E-state index contributed by atoms with van der Waals surface area (Å²) in [7, 11) is 0. The van der Waals surface area contributed by atoms with Crippen molar-refractivity contribution >= 4 is 11.8 Å². The molecule has 1 aromatic rings. The molecular formula is C21H33N3O3. The zero-order valence-corrected chi connectivity index (χ0v) is 17.2. The van der Waals surface area contributed by atoms with E-state index in [1.165, 1.54) is 16.8 Å². The number of aryl methyl sites for hydroxylation is 1. The number of hydrogen-bond acceptors (Lipinski definition) is 5. The zero-order chi connectivity index (χ0) is 19.4. The summed E-state index contributed by atoms with van der Waals surface area (Å²) < 4.78 is 11.0. The van der Waals surface area contributed by atoms with Crippen LogP contribution in [0.15, 0.2) is 18.2 Å². The fraction of sp³-hybridized carbons (Fsp3) is 0.667. The van der Waals surface area contributed by atoms with Gasteiger partial charge in [0, 0.05) is 51.5 Å². The maximum absolute atomic E-state index is 12.2. The number of hydrogen-bond donors (Lipinski definition) is 0. The molecule has 2 aliphatic rings. The lowest BCUT2D eigenvalue weighted by molar-refractivity contribution is 0.0139. The van der Waals surface area contributed by atoms with Crippen molar-refractivity contribution in [3.05, 3.63) is 29.3 Å². The molecule has 0 atom stereocenters. The number of ether oxygens (including phenoxy) is 2. The predicted octanol–water partition coefficient (Wildman–Crippen LogP) is 2.88. The van der Waals surface area contributed by atoms with Gasteiger partial charge in [-0.2, -0.15) is 0 Å². The predicted molar refractivity (Wildman–Crippen MR) is 107 cm³/mol. The first kappa shape index (κ1) is 20.0. The van der Waals surface area contributed by atoms with Gasteiger partial charge in [0.25, 0.3) is 0 Å². The van der Waals surface area contributed by atoms with E-state index in [-0.39, 0.29) is 6.09 Å². The van der Waals surface area contributed by atoms with E-state index < -0.39 is 5.60 Å². The Balaban J connectivity index is 1.60. The normalized spacial score (nSPS) is 19.3. The highest BCUT2D eigenvalue weighted by Gasteiger charge is 2.26. The van der Waals surface area contributed by atoms with Crippen LogP contribution in [0, 0.1) is 6.92 Å². The Kier molecular flexibility index (Phi) is 6.27. The van der Waals surface area contributed by atoms with Crippen LogP contribution in [0.1, 0.15) is 31.9 Å². The summed E-state index contributed by atoms with van der Waals surface area (Å²) >= 11 is 0. The molecule has 0 aliphatic carbocycles. The minimum atomic E-state index is -0.441. The van der Waals surface area contributed by atoms with Crippen LogP contribution in [0.4, 0.5) is 10.5 Å². The van der Waals surface area contributed by atoms with Crippen molar-refractivity contribution in [1.82, 2.24) is 9.80 Å². The zero-order valence-electron chi connectivity index (χ0n) is 17.2. The van der Waals surface area contributed by atoms with Gasteiger partial charge in [0.2, 0.25) is 0 Å². The Morgan fingerprint density at radius 2 is 1.74 bits per heavy atom. The van der Waals surface area contributed by atoms with Crippen molar-refractivity contribution in [2.45, 2.75) is 39.8 Å². The Morgan fingerprint density at radius 1 is 1.07 bits per heavy atom. The lowest BCUT2D eigenvalue weighted by Crippen LogP contribution is -2.49. The molecule has 0 radical (unpaired) electrons. The van der Waals surface area contributed by atoms with Gasteiger partial charge in [-0.3, -0.25) is 4.90 Å². The number of anilines is 1. The van der Waals surface area contributed by atoms with Gasteiger partial charge in [-0.05, 0) is 44.9 Å². The summed E-state index contributed by atoms with van der Waals surface area (Å²) in [6.07, 6.45) is -0.202. The number of morpholine rings is 1. The molecule has 1 aromatic carbocycles. The molecule has 2 aliphatic heterocycles. The maximum Gasteiger partial charge on any atom is 0.410 e. The summed E-state index contributed by atoms with van der Waals surface area (Å²) in [6.45, 7) is 15.4. The summed E-state index contributed by atoms with van der Waals surface area (Å²) in [5, 5.41) is 0. The lowest BCUT2D eigenvalue weighted by atomic mass is 10.1. The molecule has 2 saturated heterocycles. The Hall–Kier alpha value is -1.79. The molecular weight excluding hydrogens is 342 g/mol. The molecule has 2 heterocycles. The molecule has 27 heavy (non-hydrogen) atoms. The molecule has 0 bridgehead atoms. The molecule has 0 aromatic heterocycles. The smallest absolute Gasteiger partial charge is 0.410 e. The fourth-order valence-electron chi connectivity index (χ4n) is 3.56. The van der Waals surface area contributed by atoms with Gasteiger partial charge < -0.3 is 19.3 Å². The number of rotatable bonds is 3. The lowest BCUT2D eigenvalue weighted by Gasteiger charge is -2.37. The van der Waals surface area contributed by atoms with E-state index in [2.05, 4.69) is 34.9 Å². The summed E-state index contributed by atoms with van der Waals surface area (Å²) in [6, 6.07) is 6.73. The third-order valence-electron chi connectivity index (χ3n) is 5.01. The van der Waals surface area contributed by atoms with Crippen LogP contribution >= 0.6 is 0 Å². The third-order valence-corrected chi connectivity index (χ3v) is 5.01. The minimum Gasteiger partial charge on any atom is -0.444 e. The van der Waals surface area contributed by atoms with Crippen LogP contribution in [0.3, 0.4) is 0 Å². The van der Waals surface area contributed by atoms with E-state index in [1.54, 1.807) is 0 Å². The highest BCUT2D eigenvalue weighted by molar-refractivity contribution is 5.68. The first-order chi connectivity index (χ1) is 12.8. The van der Waals surface area contributed by atoms with E-state index in [0.29, 0.717) is 13.1 Å². The van der Waals surface area contributed by atoms with E-state index in [9.17, 15) is 4.79 Å². The Labute approximate surface area is 163 Å². The topological polar surface area (TPSA) is 45.2 Å². The Bertz CT molecular complexity index is 643. The molecule has 6 nitrogen and oxygen atoms in total. The summed E-state index contributed by atoms with van der Waals surface area (Å²) in [4.78, 5) is 18.9. The van der Waals surface area contributed by atoms with Gasteiger partial charge in [0.1, 0.15) is 5.60 Å². The molecule has 0 spiro atoms. The second-order valence-electron chi connectivity index (χ2n) is 8.48. The SMILES string of the molecule is Cc1ccc(CN2CCN(C(=O)OC(C)(C)C)CC2)c(N2CCOCC2)c1. The van der Waals surface area contributed by atoms with Crippen molar-refractivity contribution in [2.75, 3.05) is 57.4 Å². The highest BCUT2D eigenvalue weighted by atomic mass is 16.6. The van der Waals surface area contributed by atoms with Crippen molar-refractivity contribution in [2.24, 2.45) is 0 Å². The van der Waals surface area contributed by atoms with Gasteiger partial charge in [-0.25, -0.2) is 4.79 Å². The maximum atomic E-state index is 12.2. The number of nitrogens with zero attached hydrogens (tertiary/aromatic N) is 3. The molecule has 1 amide bonds.